The number of amides is 2. The molecule has 1 spiro atoms. The number of H-pyrrole nitrogens is 1. The molecule has 0 radical (unpaired) electrons. The summed E-state index contributed by atoms with van der Waals surface area (Å²) in [4.78, 5) is 26.6. The lowest BCUT2D eigenvalue weighted by Gasteiger charge is -2.33. The summed E-state index contributed by atoms with van der Waals surface area (Å²) in [5.41, 5.74) is 5.79. The van der Waals surface area contributed by atoms with E-state index in [4.69, 9.17) is 0 Å². The van der Waals surface area contributed by atoms with Crippen molar-refractivity contribution in [3.63, 3.8) is 0 Å². The molecule has 3 aromatic rings. The van der Waals surface area contributed by atoms with Gasteiger partial charge < -0.3 is 10.6 Å². The second kappa shape index (κ2) is 9.32. The summed E-state index contributed by atoms with van der Waals surface area (Å²) in [5, 5.41) is 17.6. The van der Waals surface area contributed by atoms with Crippen LogP contribution in [0, 0.1) is 25.2 Å². The predicted octanol–water partition coefficient (Wildman–Crippen LogP) is 4.62. The van der Waals surface area contributed by atoms with Crippen molar-refractivity contribution in [1.29, 1.82) is 0 Å². The first-order valence-electron chi connectivity index (χ1n) is 12.6. The lowest BCUT2D eigenvalue weighted by molar-refractivity contribution is -0.119. The molecule has 1 atom stereocenters. The molecule has 2 saturated carbocycles. The second-order valence-corrected chi connectivity index (χ2v) is 10.2. The molecule has 0 unspecified atom stereocenters. The molecule has 2 aromatic heterocycles. The van der Waals surface area contributed by atoms with Crippen LogP contribution in [-0.4, -0.2) is 37.8 Å². The normalized spacial score (nSPS) is 17.8. The van der Waals surface area contributed by atoms with Crippen molar-refractivity contribution in [2.24, 2.45) is 11.3 Å². The van der Waals surface area contributed by atoms with Crippen LogP contribution in [0.5, 0.6) is 0 Å². The molecule has 8 nitrogen and oxygen atoms in total. The quantitative estimate of drug-likeness (QED) is 0.465. The van der Waals surface area contributed by atoms with E-state index in [1.165, 1.54) is 12.8 Å². The predicted molar refractivity (Wildman–Crippen MR) is 135 cm³/mol. The highest BCUT2D eigenvalue weighted by atomic mass is 16.2. The number of nitrogens with zero attached hydrogens (tertiary/aromatic N) is 3. The third-order valence-corrected chi connectivity index (χ3v) is 7.91. The Morgan fingerprint density at radius 2 is 1.83 bits per heavy atom. The van der Waals surface area contributed by atoms with E-state index in [1.807, 2.05) is 45.0 Å². The fraction of sp³-hybridized carbons (Fsp3) is 0.481. The van der Waals surface area contributed by atoms with E-state index in [9.17, 15) is 9.59 Å². The first-order valence-corrected chi connectivity index (χ1v) is 12.6. The van der Waals surface area contributed by atoms with Crippen LogP contribution in [0.25, 0.3) is 11.1 Å². The van der Waals surface area contributed by atoms with Gasteiger partial charge >= 0.3 is 0 Å². The van der Waals surface area contributed by atoms with Gasteiger partial charge in [0.25, 0.3) is 5.91 Å². The molecule has 0 saturated heterocycles. The van der Waals surface area contributed by atoms with Gasteiger partial charge in [0.1, 0.15) is 11.7 Å². The summed E-state index contributed by atoms with van der Waals surface area (Å²) in [5.74, 6) is -0.294. The van der Waals surface area contributed by atoms with Gasteiger partial charge in [-0.2, -0.15) is 10.2 Å². The maximum Gasteiger partial charge on any atom is 0.270 e. The molecule has 0 aliphatic heterocycles. The van der Waals surface area contributed by atoms with Crippen molar-refractivity contribution >= 4 is 17.5 Å². The van der Waals surface area contributed by atoms with Gasteiger partial charge in [-0.25, -0.2) is 0 Å². The molecule has 3 N–H and O–H groups in total. The van der Waals surface area contributed by atoms with Gasteiger partial charge in [0, 0.05) is 29.7 Å². The Morgan fingerprint density at radius 3 is 2.43 bits per heavy atom. The van der Waals surface area contributed by atoms with E-state index in [2.05, 4.69) is 25.9 Å². The maximum absolute atomic E-state index is 13.5. The largest absolute Gasteiger partial charge is 0.339 e. The number of aromatic amines is 1. The minimum absolute atomic E-state index is 0.124. The first-order chi connectivity index (χ1) is 16.9. The highest BCUT2D eigenvalue weighted by Crippen LogP contribution is 2.57. The van der Waals surface area contributed by atoms with Crippen molar-refractivity contribution < 1.29 is 9.59 Å². The molecule has 1 aromatic carbocycles. The van der Waals surface area contributed by atoms with Crippen molar-refractivity contribution in [3.05, 3.63) is 53.6 Å². The van der Waals surface area contributed by atoms with E-state index in [0.717, 1.165) is 48.2 Å². The molecule has 2 aliphatic carbocycles. The lowest BCUT2D eigenvalue weighted by atomic mass is 9.76. The van der Waals surface area contributed by atoms with Crippen LogP contribution in [-0.2, 0) is 11.3 Å². The number of aryl methyl sites for hydroxylation is 3. The zero-order chi connectivity index (χ0) is 24.6. The Hall–Kier alpha value is -3.42. The fourth-order valence-corrected chi connectivity index (χ4v) is 5.57. The Bertz CT molecular complexity index is 1190. The molecular weight excluding hydrogens is 440 g/mol. The minimum Gasteiger partial charge on any atom is -0.339 e. The van der Waals surface area contributed by atoms with Crippen LogP contribution < -0.4 is 10.6 Å². The van der Waals surface area contributed by atoms with Crippen LogP contribution >= 0.6 is 0 Å². The van der Waals surface area contributed by atoms with Gasteiger partial charge in [0.05, 0.1) is 5.69 Å². The summed E-state index contributed by atoms with van der Waals surface area (Å²) in [7, 11) is 0. The topological polar surface area (TPSA) is 105 Å². The number of benzene rings is 1. The third kappa shape index (κ3) is 4.74. The summed E-state index contributed by atoms with van der Waals surface area (Å²) in [6.45, 7) is 6.52. The summed E-state index contributed by atoms with van der Waals surface area (Å²) in [6.07, 6.45) is 8.44. The Kier molecular flexibility index (Phi) is 6.21. The Labute approximate surface area is 205 Å². The average molecular weight is 475 g/mol. The first kappa shape index (κ1) is 23.3. The lowest BCUT2D eigenvalue weighted by Crippen LogP contribution is -2.49. The highest BCUT2D eigenvalue weighted by molar-refractivity contribution is 6.00. The molecule has 5 rings (SSSR count). The number of carbonyl (C=O) groups is 2. The van der Waals surface area contributed by atoms with Gasteiger partial charge in [-0.3, -0.25) is 19.4 Å². The van der Waals surface area contributed by atoms with Crippen molar-refractivity contribution in [2.75, 3.05) is 5.32 Å². The number of aromatic nitrogens is 4. The molecular formula is C27H34N6O2. The molecule has 2 amide bonds. The average Bonchev–Trinajstić information content (AvgIpc) is 3.28. The van der Waals surface area contributed by atoms with Gasteiger partial charge in [0.2, 0.25) is 5.91 Å². The molecule has 0 bridgehead atoms. The number of hydrogen-bond donors (Lipinski definition) is 3. The van der Waals surface area contributed by atoms with E-state index in [0.29, 0.717) is 23.3 Å². The SMILES string of the molecule is CCn1nccc1C(=O)N[C@H](C(=O)Nc1ccc(-c2c(C)n[nH]c2C)cc1)C1CCC2(CC1)CC2. The van der Waals surface area contributed by atoms with Crippen LogP contribution in [0.15, 0.2) is 36.5 Å². The smallest absolute Gasteiger partial charge is 0.270 e. The molecule has 8 heteroatoms. The van der Waals surface area contributed by atoms with Crippen molar-refractivity contribution in [2.45, 2.75) is 71.9 Å². The van der Waals surface area contributed by atoms with Crippen LogP contribution in [0.1, 0.15) is 67.3 Å². The number of nitrogens with one attached hydrogen (secondary N) is 3. The number of carbonyl (C=O) groups excluding carboxylic acids is 2. The summed E-state index contributed by atoms with van der Waals surface area (Å²) >= 11 is 0. The van der Waals surface area contributed by atoms with E-state index in [-0.39, 0.29) is 17.7 Å². The molecule has 35 heavy (non-hydrogen) atoms. The number of hydrogen-bond acceptors (Lipinski definition) is 4. The molecule has 2 aliphatic rings. The van der Waals surface area contributed by atoms with Crippen LogP contribution in [0.2, 0.25) is 0 Å². The third-order valence-electron chi connectivity index (χ3n) is 7.91. The molecule has 2 fully saturated rings. The van der Waals surface area contributed by atoms with E-state index >= 15 is 0 Å². The minimum atomic E-state index is -0.586. The zero-order valence-corrected chi connectivity index (χ0v) is 20.7. The van der Waals surface area contributed by atoms with Gasteiger partial charge in [0.15, 0.2) is 0 Å². The van der Waals surface area contributed by atoms with Gasteiger partial charge in [-0.15, -0.1) is 0 Å². The van der Waals surface area contributed by atoms with Crippen LogP contribution in [0.4, 0.5) is 5.69 Å². The second-order valence-electron chi connectivity index (χ2n) is 10.2. The van der Waals surface area contributed by atoms with Crippen LogP contribution in [0.3, 0.4) is 0 Å². The Balaban J connectivity index is 1.32. The highest BCUT2D eigenvalue weighted by Gasteiger charge is 2.47. The monoisotopic (exact) mass is 474 g/mol. The van der Waals surface area contributed by atoms with Crippen molar-refractivity contribution in [3.8, 4) is 11.1 Å². The standard InChI is InChI=1S/C27H34N6O2/c1-4-33-22(11-16-28-33)25(34)30-24(20-9-12-27(13-10-20)14-15-27)26(35)29-21-7-5-19(6-8-21)23-17(2)31-32-18(23)3/h5-8,11,16,20,24H,4,9-10,12-15H2,1-3H3,(H,29,35)(H,30,34)(H,31,32)/t24-/m0/s1. The van der Waals surface area contributed by atoms with Gasteiger partial charge in [-0.1, -0.05) is 12.1 Å². The molecule has 184 valence electrons. The number of anilines is 1. The maximum atomic E-state index is 13.5. The summed E-state index contributed by atoms with van der Waals surface area (Å²) < 4.78 is 1.66. The van der Waals surface area contributed by atoms with Gasteiger partial charge in [-0.05, 0) is 94.4 Å². The Morgan fingerprint density at radius 1 is 1.11 bits per heavy atom. The van der Waals surface area contributed by atoms with E-state index < -0.39 is 6.04 Å². The number of rotatable bonds is 7. The summed E-state index contributed by atoms with van der Waals surface area (Å²) in [6, 6.07) is 8.91. The van der Waals surface area contributed by atoms with E-state index in [1.54, 1.807) is 16.9 Å². The zero-order valence-electron chi connectivity index (χ0n) is 20.7. The molecule has 2 heterocycles. The fourth-order valence-electron chi connectivity index (χ4n) is 5.57. The van der Waals surface area contributed by atoms with Crippen molar-refractivity contribution in [1.82, 2.24) is 25.3 Å².